The highest BCUT2D eigenvalue weighted by molar-refractivity contribution is 6.28. The molecule has 0 fully saturated rings. The standard InChI is InChI=1S/C14H16ClN3O/c15-12-7-6-11(19-12)14(18-16)10-5-1-3-9-4-2-8-17-13(9)10/h2,4,6-8,10,14,18H,1,3,5,16H2. The van der Waals surface area contributed by atoms with Crippen molar-refractivity contribution in [2.45, 2.75) is 31.2 Å². The summed E-state index contributed by atoms with van der Waals surface area (Å²) in [5, 5.41) is 0.382. The molecule has 0 aromatic carbocycles. The highest BCUT2D eigenvalue weighted by Crippen LogP contribution is 2.39. The van der Waals surface area contributed by atoms with Crippen LogP contribution in [0.4, 0.5) is 0 Å². The minimum absolute atomic E-state index is 0.0959. The summed E-state index contributed by atoms with van der Waals surface area (Å²) in [5.41, 5.74) is 5.27. The van der Waals surface area contributed by atoms with Gasteiger partial charge in [-0.2, -0.15) is 0 Å². The molecule has 0 aliphatic heterocycles. The zero-order valence-electron chi connectivity index (χ0n) is 10.5. The molecule has 1 aliphatic carbocycles. The first-order valence-corrected chi connectivity index (χ1v) is 6.82. The lowest BCUT2D eigenvalue weighted by Crippen LogP contribution is -2.34. The molecule has 3 rings (SSSR count). The predicted octanol–water partition coefficient (Wildman–Crippen LogP) is 2.95. The maximum atomic E-state index is 5.85. The number of furan rings is 1. The second kappa shape index (κ2) is 5.33. The molecule has 2 heterocycles. The van der Waals surface area contributed by atoms with E-state index in [1.165, 1.54) is 5.56 Å². The van der Waals surface area contributed by atoms with E-state index in [9.17, 15) is 0 Å². The van der Waals surface area contributed by atoms with E-state index in [1.54, 1.807) is 6.07 Å². The van der Waals surface area contributed by atoms with Crippen molar-refractivity contribution < 1.29 is 4.42 Å². The lowest BCUT2D eigenvalue weighted by atomic mass is 9.81. The minimum atomic E-state index is -0.0959. The van der Waals surface area contributed by atoms with Gasteiger partial charge in [0.05, 0.1) is 6.04 Å². The Hall–Kier alpha value is -1.36. The van der Waals surface area contributed by atoms with Crippen LogP contribution in [0.5, 0.6) is 0 Å². The van der Waals surface area contributed by atoms with Crippen LogP contribution in [0.1, 0.15) is 41.8 Å². The zero-order valence-corrected chi connectivity index (χ0v) is 11.2. The summed E-state index contributed by atoms with van der Waals surface area (Å²) in [5.74, 6) is 6.70. The second-order valence-corrected chi connectivity index (χ2v) is 5.21. The van der Waals surface area contributed by atoms with Crippen molar-refractivity contribution in [2.75, 3.05) is 0 Å². The highest BCUT2D eigenvalue weighted by Gasteiger charge is 2.31. The lowest BCUT2D eigenvalue weighted by molar-refractivity contribution is 0.340. The van der Waals surface area contributed by atoms with Gasteiger partial charge in [0.2, 0.25) is 0 Å². The SMILES string of the molecule is NNC(c1ccc(Cl)o1)C1CCCc2cccnc21. The van der Waals surface area contributed by atoms with Crippen molar-refractivity contribution in [3.63, 3.8) is 0 Å². The average Bonchev–Trinajstić information content (AvgIpc) is 2.86. The number of nitrogens with zero attached hydrogens (tertiary/aromatic N) is 1. The quantitative estimate of drug-likeness (QED) is 0.669. The molecule has 0 saturated carbocycles. The molecule has 0 spiro atoms. The van der Waals surface area contributed by atoms with Gasteiger partial charge in [-0.1, -0.05) is 6.07 Å². The maximum absolute atomic E-state index is 5.85. The molecule has 100 valence electrons. The smallest absolute Gasteiger partial charge is 0.193 e. The van der Waals surface area contributed by atoms with Crippen LogP contribution in [0, 0.1) is 0 Å². The fourth-order valence-corrected chi connectivity index (χ4v) is 3.01. The first-order chi connectivity index (χ1) is 9.29. The van der Waals surface area contributed by atoms with E-state index in [4.69, 9.17) is 21.9 Å². The van der Waals surface area contributed by atoms with Crippen LogP contribution in [0.25, 0.3) is 0 Å². The monoisotopic (exact) mass is 277 g/mol. The van der Waals surface area contributed by atoms with Crippen molar-refractivity contribution in [3.05, 3.63) is 52.7 Å². The topological polar surface area (TPSA) is 64.1 Å². The first-order valence-electron chi connectivity index (χ1n) is 6.44. The normalized spacial score (nSPS) is 20.0. The van der Waals surface area contributed by atoms with Gasteiger partial charge in [0.1, 0.15) is 5.76 Å². The molecule has 0 amide bonds. The van der Waals surface area contributed by atoms with E-state index in [0.717, 1.165) is 30.7 Å². The Morgan fingerprint density at radius 3 is 3.05 bits per heavy atom. The van der Waals surface area contributed by atoms with E-state index >= 15 is 0 Å². The number of halogens is 1. The second-order valence-electron chi connectivity index (χ2n) is 4.83. The molecule has 2 atom stereocenters. The molecule has 1 aliphatic rings. The number of nitrogens with two attached hydrogens (primary N) is 1. The van der Waals surface area contributed by atoms with E-state index in [1.807, 2.05) is 18.3 Å². The van der Waals surface area contributed by atoms with Crippen molar-refractivity contribution >= 4 is 11.6 Å². The van der Waals surface area contributed by atoms with Gasteiger partial charge in [0.15, 0.2) is 5.22 Å². The van der Waals surface area contributed by atoms with Crippen LogP contribution in [-0.2, 0) is 6.42 Å². The third kappa shape index (κ3) is 2.39. The molecule has 0 bridgehead atoms. The Labute approximate surface area is 116 Å². The maximum Gasteiger partial charge on any atom is 0.193 e. The molecule has 19 heavy (non-hydrogen) atoms. The zero-order chi connectivity index (χ0) is 13.2. The third-order valence-electron chi connectivity index (χ3n) is 3.72. The summed E-state index contributed by atoms with van der Waals surface area (Å²) in [6, 6.07) is 7.63. The van der Waals surface area contributed by atoms with Gasteiger partial charge in [-0.25, -0.2) is 5.43 Å². The molecule has 0 radical (unpaired) electrons. The Morgan fingerprint density at radius 2 is 2.32 bits per heavy atom. The number of pyridine rings is 1. The molecular formula is C14H16ClN3O. The Balaban J connectivity index is 1.97. The van der Waals surface area contributed by atoms with Crippen LogP contribution < -0.4 is 11.3 Å². The van der Waals surface area contributed by atoms with Crippen molar-refractivity contribution in [2.24, 2.45) is 5.84 Å². The lowest BCUT2D eigenvalue weighted by Gasteiger charge is -2.29. The van der Waals surface area contributed by atoms with E-state index < -0.39 is 0 Å². The molecule has 5 heteroatoms. The number of rotatable bonds is 3. The Kier molecular flexibility index (Phi) is 3.55. The molecular weight excluding hydrogens is 262 g/mol. The number of nitrogens with one attached hydrogen (secondary N) is 1. The average molecular weight is 278 g/mol. The van der Waals surface area contributed by atoms with Gasteiger partial charge in [-0.3, -0.25) is 10.8 Å². The van der Waals surface area contributed by atoms with Gasteiger partial charge < -0.3 is 4.42 Å². The van der Waals surface area contributed by atoms with Crippen LogP contribution in [0.15, 0.2) is 34.9 Å². The van der Waals surface area contributed by atoms with Crippen molar-refractivity contribution in [1.82, 2.24) is 10.4 Å². The summed E-state index contributed by atoms with van der Waals surface area (Å²) < 4.78 is 5.50. The molecule has 2 aromatic rings. The predicted molar refractivity (Wildman–Crippen MR) is 73.7 cm³/mol. The highest BCUT2D eigenvalue weighted by atomic mass is 35.5. The van der Waals surface area contributed by atoms with E-state index in [2.05, 4.69) is 16.5 Å². The Morgan fingerprint density at radius 1 is 1.42 bits per heavy atom. The van der Waals surface area contributed by atoms with Gasteiger partial charge in [0.25, 0.3) is 0 Å². The minimum Gasteiger partial charge on any atom is -0.448 e. The number of aryl methyl sites for hydroxylation is 1. The molecule has 4 nitrogen and oxygen atoms in total. The van der Waals surface area contributed by atoms with Gasteiger partial charge in [0, 0.05) is 17.8 Å². The van der Waals surface area contributed by atoms with Gasteiger partial charge >= 0.3 is 0 Å². The van der Waals surface area contributed by atoms with Crippen LogP contribution >= 0.6 is 11.6 Å². The Bertz CT molecular complexity index is 569. The number of hydrogen-bond acceptors (Lipinski definition) is 4. The summed E-state index contributed by atoms with van der Waals surface area (Å²) in [6.45, 7) is 0. The first kappa shape index (κ1) is 12.7. The van der Waals surface area contributed by atoms with Crippen LogP contribution in [0.3, 0.4) is 0 Å². The van der Waals surface area contributed by atoms with Gasteiger partial charge in [-0.05, 0) is 54.6 Å². The fraction of sp³-hybridized carbons (Fsp3) is 0.357. The number of fused-ring (bicyclic) bond motifs is 1. The molecule has 0 saturated heterocycles. The van der Waals surface area contributed by atoms with Crippen molar-refractivity contribution in [1.29, 1.82) is 0 Å². The summed E-state index contributed by atoms with van der Waals surface area (Å²) in [6.07, 6.45) is 5.09. The van der Waals surface area contributed by atoms with Crippen LogP contribution in [-0.4, -0.2) is 4.98 Å². The number of aromatic nitrogens is 1. The summed E-state index contributed by atoms with van der Waals surface area (Å²) in [7, 11) is 0. The number of hydrazine groups is 1. The molecule has 2 aromatic heterocycles. The fourth-order valence-electron chi connectivity index (χ4n) is 2.86. The van der Waals surface area contributed by atoms with Crippen molar-refractivity contribution in [3.8, 4) is 0 Å². The van der Waals surface area contributed by atoms with E-state index in [0.29, 0.717) is 5.22 Å². The summed E-state index contributed by atoms with van der Waals surface area (Å²) in [4.78, 5) is 4.53. The largest absolute Gasteiger partial charge is 0.448 e. The van der Waals surface area contributed by atoms with Gasteiger partial charge in [-0.15, -0.1) is 0 Å². The molecule has 2 unspecified atom stereocenters. The number of hydrogen-bond donors (Lipinski definition) is 2. The molecule has 3 N–H and O–H groups in total. The van der Waals surface area contributed by atoms with Crippen LogP contribution in [0.2, 0.25) is 5.22 Å². The summed E-state index contributed by atoms with van der Waals surface area (Å²) >= 11 is 5.85. The van der Waals surface area contributed by atoms with E-state index in [-0.39, 0.29) is 12.0 Å². The third-order valence-corrected chi connectivity index (χ3v) is 3.92.